The molecule has 1 aromatic carbocycles. The molecule has 1 unspecified atom stereocenters. The quantitative estimate of drug-likeness (QED) is 0.663. The summed E-state index contributed by atoms with van der Waals surface area (Å²) in [5.74, 6) is -1.50. The first-order valence-corrected chi connectivity index (χ1v) is 11.3. The number of nitrogens with zero attached hydrogens (tertiary/aromatic N) is 1. The van der Waals surface area contributed by atoms with Crippen LogP contribution in [-0.4, -0.2) is 34.9 Å². The minimum absolute atomic E-state index is 0.0745. The third-order valence-corrected chi connectivity index (χ3v) is 6.75. The number of ketones is 1. The smallest absolute Gasteiger partial charge is 0.355 e. The molecule has 32 heavy (non-hydrogen) atoms. The SMILES string of the molecule is CCCCC(=O)O[C@]1(CC)C(=O)OCC2=C1C=C1c3nc4ccccc4cc3CC1C2=O. The van der Waals surface area contributed by atoms with Crippen LogP contribution in [0.1, 0.15) is 50.8 Å². The number of esters is 2. The highest BCUT2D eigenvalue weighted by Gasteiger charge is 2.53. The fourth-order valence-corrected chi connectivity index (χ4v) is 4.99. The van der Waals surface area contributed by atoms with E-state index >= 15 is 0 Å². The summed E-state index contributed by atoms with van der Waals surface area (Å²) in [5.41, 5.74) is 2.76. The number of cyclic esters (lactones) is 1. The lowest BCUT2D eigenvalue weighted by molar-refractivity contribution is -0.180. The molecule has 0 amide bonds. The summed E-state index contributed by atoms with van der Waals surface area (Å²) in [7, 11) is 0. The van der Waals surface area contributed by atoms with Gasteiger partial charge in [0.05, 0.1) is 17.1 Å². The second-order valence-electron chi connectivity index (χ2n) is 8.64. The molecule has 0 bridgehead atoms. The maximum absolute atomic E-state index is 13.5. The number of carbonyl (C=O) groups excluding carboxylic acids is 3. The number of fused-ring (bicyclic) bond motifs is 4. The molecule has 1 aromatic heterocycles. The van der Waals surface area contributed by atoms with E-state index in [0.717, 1.165) is 34.2 Å². The van der Waals surface area contributed by atoms with E-state index in [1.54, 1.807) is 6.92 Å². The van der Waals surface area contributed by atoms with Crippen LogP contribution in [0.25, 0.3) is 16.5 Å². The normalized spacial score (nSPS) is 23.9. The fourth-order valence-electron chi connectivity index (χ4n) is 4.99. The van der Waals surface area contributed by atoms with Gasteiger partial charge in [-0.1, -0.05) is 38.5 Å². The highest BCUT2D eigenvalue weighted by Crippen LogP contribution is 2.47. The number of benzene rings is 1. The number of allylic oxidation sites excluding steroid dienone is 1. The number of Topliss-reactive ketones (excluding diaryl/α,β-unsaturated/α-hetero) is 1. The van der Waals surface area contributed by atoms with Crippen LogP contribution >= 0.6 is 0 Å². The van der Waals surface area contributed by atoms with Gasteiger partial charge >= 0.3 is 11.9 Å². The van der Waals surface area contributed by atoms with E-state index in [2.05, 4.69) is 6.07 Å². The Bertz CT molecular complexity index is 1220. The van der Waals surface area contributed by atoms with Gasteiger partial charge in [0.1, 0.15) is 6.61 Å². The number of ether oxygens (including phenoxy) is 2. The predicted octanol–water partition coefficient (Wildman–Crippen LogP) is 4.11. The van der Waals surface area contributed by atoms with Gasteiger partial charge < -0.3 is 9.47 Å². The lowest BCUT2D eigenvalue weighted by Gasteiger charge is -2.38. The molecule has 2 aliphatic carbocycles. The summed E-state index contributed by atoms with van der Waals surface area (Å²) in [6.07, 6.45) is 4.36. The molecular formula is C26H25NO5. The molecule has 0 spiro atoms. The van der Waals surface area contributed by atoms with Gasteiger partial charge in [-0.3, -0.25) is 9.59 Å². The number of pyridine rings is 1. The Morgan fingerprint density at radius 1 is 1.25 bits per heavy atom. The molecule has 0 N–H and O–H groups in total. The molecule has 164 valence electrons. The molecule has 2 atom stereocenters. The van der Waals surface area contributed by atoms with Crippen molar-refractivity contribution in [1.29, 1.82) is 0 Å². The Hall–Kier alpha value is -3.28. The van der Waals surface area contributed by atoms with Gasteiger partial charge in [0, 0.05) is 23.0 Å². The second kappa shape index (κ2) is 7.69. The molecule has 2 aromatic rings. The lowest BCUT2D eigenvalue weighted by Crippen LogP contribution is -2.51. The van der Waals surface area contributed by atoms with Crippen molar-refractivity contribution in [3.05, 3.63) is 58.8 Å². The highest BCUT2D eigenvalue weighted by molar-refractivity contribution is 6.12. The summed E-state index contributed by atoms with van der Waals surface area (Å²) in [6.45, 7) is 3.66. The third-order valence-electron chi connectivity index (χ3n) is 6.75. The van der Waals surface area contributed by atoms with Crippen molar-refractivity contribution < 1.29 is 23.9 Å². The van der Waals surface area contributed by atoms with Gasteiger partial charge in [-0.2, -0.15) is 0 Å². The molecule has 1 aliphatic heterocycles. The van der Waals surface area contributed by atoms with E-state index < -0.39 is 17.5 Å². The lowest BCUT2D eigenvalue weighted by atomic mass is 9.75. The number of para-hydroxylation sites is 1. The molecule has 5 rings (SSSR count). The summed E-state index contributed by atoms with van der Waals surface area (Å²) in [5, 5.41) is 1.03. The van der Waals surface area contributed by atoms with E-state index in [1.807, 2.05) is 37.3 Å². The monoisotopic (exact) mass is 431 g/mol. The third kappa shape index (κ3) is 3.00. The van der Waals surface area contributed by atoms with Crippen LogP contribution in [0, 0.1) is 5.92 Å². The van der Waals surface area contributed by atoms with Crippen molar-refractivity contribution in [2.24, 2.45) is 5.92 Å². The predicted molar refractivity (Wildman–Crippen MR) is 119 cm³/mol. The molecule has 0 radical (unpaired) electrons. The first-order chi connectivity index (χ1) is 15.5. The van der Waals surface area contributed by atoms with Crippen LogP contribution in [0.3, 0.4) is 0 Å². The Kier molecular flexibility index (Phi) is 4.96. The Balaban J connectivity index is 1.63. The Morgan fingerprint density at radius 3 is 2.84 bits per heavy atom. The first kappa shape index (κ1) is 20.6. The zero-order valence-corrected chi connectivity index (χ0v) is 18.3. The minimum Gasteiger partial charge on any atom is -0.457 e. The molecular weight excluding hydrogens is 406 g/mol. The Labute approximate surface area is 186 Å². The molecule has 0 saturated heterocycles. The molecule has 6 heteroatoms. The summed E-state index contributed by atoms with van der Waals surface area (Å²) in [6, 6.07) is 9.94. The van der Waals surface area contributed by atoms with Gasteiger partial charge in [0.25, 0.3) is 0 Å². The summed E-state index contributed by atoms with van der Waals surface area (Å²) in [4.78, 5) is 43.8. The maximum Gasteiger partial charge on any atom is 0.355 e. The summed E-state index contributed by atoms with van der Waals surface area (Å²) >= 11 is 0. The van der Waals surface area contributed by atoms with Crippen LogP contribution in [-0.2, 0) is 30.3 Å². The number of hydrogen-bond acceptors (Lipinski definition) is 6. The van der Waals surface area contributed by atoms with E-state index in [1.165, 1.54) is 0 Å². The van der Waals surface area contributed by atoms with Crippen molar-refractivity contribution in [3.63, 3.8) is 0 Å². The number of hydrogen-bond donors (Lipinski definition) is 0. The van der Waals surface area contributed by atoms with Gasteiger partial charge in [0.15, 0.2) is 5.78 Å². The van der Waals surface area contributed by atoms with Crippen molar-refractivity contribution in [2.45, 2.75) is 51.6 Å². The first-order valence-electron chi connectivity index (χ1n) is 11.3. The van der Waals surface area contributed by atoms with Crippen molar-refractivity contribution in [1.82, 2.24) is 4.98 Å². The average molecular weight is 431 g/mol. The number of carbonyl (C=O) groups is 3. The zero-order valence-electron chi connectivity index (χ0n) is 18.3. The zero-order chi connectivity index (χ0) is 22.5. The standard InChI is InChI=1S/C26H25NO5/c1-3-5-10-22(28)32-26(4-2)20-13-17-18(24(29)19(20)14-31-25(26)30)12-16-11-15-8-6-7-9-21(15)27-23(16)17/h6-9,11,13,18H,3-5,10,12,14H2,1-2H3/t18?,26-/m0/s1. The largest absolute Gasteiger partial charge is 0.457 e. The molecule has 0 saturated carbocycles. The molecule has 2 heterocycles. The minimum atomic E-state index is -1.59. The van der Waals surface area contributed by atoms with Crippen LogP contribution < -0.4 is 0 Å². The summed E-state index contributed by atoms with van der Waals surface area (Å²) < 4.78 is 11.2. The van der Waals surface area contributed by atoms with E-state index in [9.17, 15) is 14.4 Å². The van der Waals surface area contributed by atoms with Crippen LogP contribution in [0.15, 0.2) is 47.6 Å². The fraction of sp³-hybridized carbons (Fsp3) is 0.385. The number of unbranched alkanes of at least 4 members (excludes halogenated alkanes) is 1. The number of rotatable bonds is 5. The molecule has 3 aliphatic rings. The maximum atomic E-state index is 13.5. The van der Waals surface area contributed by atoms with Gasteiger partial charge in [-0.05, 0) is 48.6 Å². The Morgan fingerprint density at radius 2 is 2.06 bits per heavy atom. The van der Waals surface area contributed by atoms with Crippen LogP contribution in [0.4, 0.5) is 0 Å². The average Bonchev–Trinajstić information content (AvgIpc) is 3.16. The van der Waals surface area contributed by atoms with E-state index in [4.69, 9.17) is 14.5 Å². The molecule has 0 fully saturated rings. The van der Waals surface area contributed by atoms with Crippen molar-refractivity contribution in [3.8, 4) is 0 Å². The highest BCUT2D eigenvalue weighted by atomic mass is 16.6. The topological polar surface area (TPSA) is 82.6 Å². The van der Waals surface area contributed by atoms with Gasteiger partial charge in [-0.15, -0.1) is 0 Å². The van der Waals surface area contributed by atoms with Gasteiger partial charge in [-0.25, -0.2) is 9.78 Å². The van der Waals surface area contributed by atoms with Crippen molar-refractivity contribution >= 4 is 34.2 Å². The van der Waals surface area contributed by atoms with E-state index in [0.29, 0.717) is 24.0 Å². The van der Waals surface area contributed by atoms with Crippen LogP contribution in [0.5, 0.6) is 0 Å². The van der Waals surface area contributed by atoms with E-state index in [-0.39, 0.29) is 31.1 Å². The van der Waals surface area contributed by atoms with Crippen LogP contribution in [0.2, 0.25) is 0 Å². The van der Waals surface area contributed by atoms with Crippen molar-refractivity contribution in [2.75, 3.05) is 6.61 Å². The molecule has 6 nitrogen and oxygen atoms in total. The van der Waals surface area contributed by atoms with Gasteiger partial charge in [0.2, 0.25) is 5.60 Å². The number of aromatic nitrogens is 1. The second-order valence-corrected chi connectivity index (χ2v) is 8.64.